The zero-order valence-electron chi connectivity index (χ0n) is 11.2. The minimum atomic E-state index is -1.12. The van der Waals surface area contributed by atoms with E-state index in [0.29, 0.717) is 11.3 Å². The SMILES string of the molecule is CC(C)=CC(=O)C[C@]1(C)OC(c2ccoc2)=CC1=O. The minimum absolute atomic E-state index is 0.0366. The average molecular weight is 260 g/mol. The van der Waals surface area contributed by atoms with E-state index < -0.39 is 5.60 Å². The Labute approximate surface area is 111 Å². The highest BCUT2D eigenvalue weighted by molar-refractivity contribution is 6.08. The second-order valence-corrected chi connectivity index (χ2v) is 5.08. The Bertz CT molecular complexity index is 559. The number of ketones is 2. The van der Waals surface area contributed by atoms with Crippen LogP contribution in [0, 0.1) is 0 Å². The fourth-order valence-corrected chi connectivity index (χ4v) is 1.97. The molecule has 0 fully saturated rings. The summed E-state index contributed by atoms with van der Waals surface area (Å²) in [7, 11) is 0. The average Bonchev–Trinajstić information content (AvgIpc) is 2.86. The van der Waals surface area contributed by atoms with Crippen molar-refractivity contribution in [3.8, 4) is 0 Å². The van der Waals surface area contributed by atoms with Crippen LogP contribution in [0.1, 0.15) is 32.8 Å². The van der Waals surface area contributed by atoms with Crippen LogP contribution >= 0.6 is 0 Å². The summed E-state index contributed by atoms with van der Waals surface area (Å²) in [6, 6.07) is 1.71. The number of hydrogen-bond acceptors (Lipinski definition) is 4. The van der Waals surface area contributed by atoms with Crippen molar-refractivity contribution in [2.75, 3.05) is 0 Å². The van der Waals surface area contributed by atoms with Crippen LogP contribution in [0.3, 0.4) is 0 Å². The predicted octanol–water partition coefficient (Wildman–Crippen LogP) is 2.90. The smallest absolute Gasteiger partial charge is 0.203 e. The zero-order valence-corrected chi connectivity index (χ0v) is 11.2. The molecule has 1 aliphatic rings. The van der Waals surface area contributed by atoms with Gasteiger partial charge in [-0.15, -0.1) is 0 Å². The van der Waals surface area contributed by atoms with Crippen LogP contribution in [-0.2, 0) is 14.3 Å². The second-order valence-electron chi connectivity index (χ2n) is 5.08. The highest BCUT2D eigenvalue weighted by atomic mass is 16.5. The van der Waals surface area contributed by atoms with Crippen molar-refractivity contribution in [3.63, 3.8) is 0 Å². The van der Waals surface area contributed by atoms with Gasteiger partial charge >= 0.3 is 0 Å². The summed E-state index contributed by atoms with van der Waals surface area (Å²) in [6.45, 7) is 5.31. The largest absolute Gasteiger partial charge is 0.478 e. The monoisotopic (exact) mass is 260 g/mol. The van der Waals surface area contributed by atoms with E-state index in [1.54, 1.807) is 13.0 Å². The molecule has 4 nitrogen and oxygen atoms in total. The molecule has 0 bridgehead atoms. The molecule has 0 spiro atoms. The second kappa shape index (κ2) is 4.88. The van der Waals surface area contributed by atoms with E-state index in [1.807, 2.05) is 13.8 Å². The van der Waals surface area contributed by atoms with Gasteiger partial charge in [0.1, 0.15) is 12.0 Å². The van der Waals surface area contributed by atoms with Crippen LogP contribution in [0.2, 0.25) is 0 Å². The van der Waals surface area contributed by atoms with E-state index in [1.165, 1.54) is 24.7 Å². The molecule has 1 atom stereocenters. The molecular weight excluding hydrogens is 244 g/mol. The topological polar surface area (TPSA) is 56.5 Å². The van der Waals surface area contributed by atoms with Gasteiger partial charge in [-0.2, -0.15) is 0 Å². The normalized spacial score (nSPS) is 21.8. The minimum Gasteiger partial charge on any atom is -0.478 e. The summed E-state index contributed by atoms with van der Waals surface area (Å²) in [5.74, 6) is 0.142. The third kappa shape index (κ3) is 2.84. The van der Waals surface area contributed by atoms with Crippen LogP contribution in [0.5, 0.6) is 0 Å². The Morgan fingerprint density at radius 1 is 1.42 bits per heavy atom. The van der Waals surface area contributed by atoms with Crippen molar-refractivity contribution in [2.45, 2.75) is 32.8 Å². The predicted molar refractivity (Wildman–Crippen MR) is 70.2 cm³/mol. The van der Waals surface area contributed by atoms with Crippen molar-refractivity contribution in [1.82, 2.24) is 0 Å². The van der Waals surface area contributed by atoms with Gasteiger partial charge in [0, 0.05) is 6.08 Å². The van der Waals surface area contributed by atoms with E-state index in [2.05, 4.69) is 0 Å². The fraction of sp³-hybridized carbons (Fsp3) is 0.333. The Balaban J connectivity index is 2.13. The summed E-state index contributed by atoms with van der Waals surface area (Å²) < 4.78 is 10.6. The number of furan rings is 1. The van der Waals surface area contributed by atoms with Crippen LogP contribution in [0.15, 0.2) is 40.7 Å². The number of allylic oxidation sites excluding steroid dienone is 2. The molecule has 0 amide bonds. The van der Waals surface area contributed by atoms with Gasteiger partial charge in [-0.25, -0.2) is 0 Å². The summed E-state index contributed by atoms with van der Waals surface area (Å²) in [5, 5.41) is 0. The molecule has 0 N–H and O–H groups in total. The van der Waals surface area contributed by atoms with Gasteiger partial charge in [0.2, 0.25) is 5.78 Å². The molecule has 0 aromatic carbocycles. The molecule has 4 heteroatoms. The number of carbonyl (C=O) groups is 2. The summed E-state index contributed by atoms with van der Waals surface area (Å²) in [4.78, 5) is 23.8. The molecule has 0 unspecified atom stereocenters. The fourth-order valence-electron chi connectivity index (χ4n) is 1.97. The first-order valence-corrected chi connectivity index (χ1v) is 6.06. The molecule has 2 rings (SSSR count). The maximum Gasteiger partial charge on any atom is 0.203 e. The molecule has 0 radical (unpaired) electrons. The van der Waals surface area contributed by atoms with Crippen LogP contribution < -0.4 is 0 Å². The van der Waals surface area contributed by atoms with Gasteiger partial charge in [0.25, 0.3) is 0 Å². The molecule has 19 heavy (non-hydrogen) atoms. The lowest BCUT2D eigenvalue weighted by atomic mass is 9.94. The van der Waals surface area contributed by atoms with E-state index in [0.717, 1.165) is 5.57 Å². The van der Waals surface area contributed by atoms with Crippen molar-refractivity contribution < 1.29 is 18.7 Å². The first-order chi connectivity index (χ1) is 8.90. The lowest BCUT2D eigenvalue weighted by molar-refractivity contribution is -0.132. The quantitative estimate of drug-likeness (QED) is 0.781. The summed E-state index contributed by atoms with van der Waals surface area (Å²) >= 11 is 0. The van der Waals surface area contributed by atoms with Gasteiger partial charge in [-0.3, -0.25) is 9.59 Å². The molecule has 2 heterocycles. The highest BCUT2D eigenvalue weighted by Gasteiger charge is 2.41. The third-order valence-corrected chi connectivity index (χ3v) is 2.89. The molecule has 0 saturated heterocycles. The maximum absolute atomic E-state index is 12.0. The lowest BCUT2D eigenvalue weighted by Crippen LogP contribution is -2.35. The molecular formula is C15H16O4. The molecule has 0 aliphatic carbocycles. The highest BCUT2D eigenvalue weighted by Crippen LogP contribution is 2.34. The van der Waals surface area contributed by atoms with Crippen molar-refractivity contribution in [1.29, 1.82) is 0 Å². The summed E-state index contributed by atoms with van der Waals surface area (Å²) in [6.07, 6.45) is 5.99. The van der Waals surface area contributed by atoms with Gasteiger partial charge in [0.05, 0.1) is 18.2 Å². The van der Waals surface area contributed by atoms with E-state index in [-0.39, 0.29) is 18.0 Å². The van der Waals surface area contributed by atoms with Crippen molar-refractivity contribution in [3.05, 3.63) is 41.9 Å². The number of carbonyl (C=O) groups excluding carboxylic acids is 2. The van der Waals surface area contributed by atoms with Gasteiger partial charge in [-0.1, -0.05) is 5.57 Å². The standard InChI is InChI=1S/C15H16O4/c1-10(2)6-12(16)8-15(3)14(17)7-13(19-15)11-4-5-18-9-11/h4-7,9H,8H2,1-3H3/t15-/m0/s1. The Morgan fingerprint density at radius 2 is 2.16 bits per heavy atom. The Hall–Kier alpha value is -2.10. The number of hydrogen-bond donors (Lipinski definition) is 0. The molecule has 1 aliphatic heterocycles. The van der Waals surface area contributed by atoms with Crippen molar-refractivity contribution >= 4 is 17.3 Å². The zero-order chi connectivity index (χ0) is 14.0. The molecule has 1 aromatic heterocycles. The molecule has 0 saturated carbocycles. The maximum atomic E-state index is 12.0. The first kappa shape index (κ1) is 13.3. The third-order valence-electron chi connectivity index (χ3n) is 2.89. The van der Waals surface area contributed by atoms with Crippen LogP contribution in [0.4, 0.5) is 0 Å². The number of ether oxygens (including phenoxy) is 1. The molecule has 100 valence electrons. The van der Waals surface area contributed by atoms with E-state index >= 15 is 0 Å². The Kier molecular flexibility index (Phi) is 3.42. The summed E-state index contributed by atoms with van der Waals surface area (Å²) in [5.41, 5.74) is 0.490. The molecule has 1 aromatic rings. The van der Waals surface area contributed by atoms with Crippen LogP contribution in [-0.4, -0.2) is 17.2 Å². The van der Waals surface area contributed by atoms with Gasteiger partial charge < -0.3 is 9.15 Å². The van der Waals surface area contributed by atoms with E-state index in [9.17, 15) is 9.59 Å². The van der Waals surface area contributed by atoms with Gasteiger partial charge in [0.15, 0.2) is 11.4 Å². The number of rotatable bonds is 4. The first-order valence-electron chi connectivity index (χ1n) is 6.06. The van der Waals surface area contributed by atoms with Crippen molar-refractivity contribution in [2.24, 2.45) is 0 Å². The lowest BCUT2D eigenvalue weighted by Gasteiger charge is -2.22. The van der Waals surface area contributed by atoms with Gasteiger partial charge in [-0.05, 0) is 32.9 Å². The Morgan fingerprint density at radius 3 is 2.74 bits per heavy atom. The van der Waals surface area contributed by atoms with Crippen LogP contribution in [0.25, 0.3) is 5.76 Å². The van der Waals surface area contributed by atoms with E-state index in [4.69, 9.17) is 9.15 Å².